The summed E-state index contributed by atoms with van der Waals surface area (Å²) in [6.45, 7) is 0. The first-order chi connectivity index (χ1) is 32.2. The third kappa shape index (κ3) is 6.31. The largest absolute Gasteiger partial charge is 0.311 e. The van der Waals surface area contributed by atoms with Crippen molar-refractivity contribution in [2.24, 2.45) is 0 Å². The molecular formula is C62H40N2S. The predicted molar refractivity (Wildman–Crippen MR) is 280 cm³/mol. The summed E-state index contributed by atoms with van der Waals surface area (Å²) in [7, 11) is 0. The van der Waals surface area contributed by atoms with Gasteiger partial charge in [-0.25, -0.2) is 0 Å². The van der Waals surface area contributed by atoms with Crippen LogP contribution in [-0.2, 0) is 0 Å². The van der Waals surface area contributed by atoms with Gasteiger partial charge < -0.3 is 9.47 Å². The van der Waals surface area contributed by atoms with Gasteiger partial charge in [0, 0.05) is 53.7 Å². The molecule has 0 saturated carbocycles. The fraction of sp³-hybridized carbons (Fsp3) is 0. The minimum Gasteiger partial charge on any atom is -0.311 e. The average molecular weight is 845 g/mol. The molecule has 0 N–H and O–H groups in total. The Morgan fingerprint density at radius 1 is 0.308 bits per heavy atom. The Balaban J connectivity index is 0.875. The molecule has 0 spiro atoms. The van der Waals surface area contributed by atoms with Crippen LogP contribution in [0.5, 0.6) is 0 Å². The van der Waals surface area contributed by atoms with Crippen molar-refractivity contribution < 1.29 is 0 Å². The topological polar surface area (TPSA) is 8.17 Å². The van der Waals surface area contributed by atoms with Crippen molar-refractivity contribution in [3.05, 3.63) is 243 Å². The predicted octanol–water partition coefficient (Wildman–Crippen LogP) is 17.9. The molecule has 0 aliphatic heterocycles. The van der Waals surface area contributed by atoms with E-state index in [-0.39, 0.29) is 0 Å². The van der Waals surface area contributed by atoms with Crippen LogP contribution in [0.25, 0.3) is 103 Å². The third-order valence-corrected chi connectivity index (χ3v) is 14.4. The minimum atomic E-state index is 1.09. The van der Waals surface area contributed by atoms with Gasteiger partial charge in [0.15, 0.2) is 0 Å². The molecule has 0 amide bonds. The second kappa shape index (κ2) is 15.2. The van der Waals surface area contributed by atoms with Crippen LogP contribution in [-0.4, -0.2) is 4.57 Å². The lowest BCUT2D eigenvalue weighted by Gasteiger charge is -2.26. The summed E-state index contributed by atoms with van der Waals surface area (Å²) in [5.41, 5.74) is 14.1. The number of benzene rings is 11. The van der Waals surface area contributed by atoms with E-state index in [0.29, 0.717) is 0 Å². The first-order valence-electron chi connectivity index (χ1n) is 22.2. The van der Waals surface area contributed by atoms with E-state index in [1.54, 1.807) is 0 Å². The van der Waals surface area contributed by atoms with Gasteiger partial charge in [-0.1, -0.05) is 176 Å². The monoisotopic (exact) mass is 844 g/mol. The number of aromatic nitrogens is 1. The Labute approximate surface area is 381 Å². The zero-order chi connectivity index (χ0) is 42.8. The van der Waals surface area contributed by atoms with Crippen molar-refractivity contribution in [1.82, 2.24) is 4.57 Å². The molecule has 0 aliphatic carbocycles. The van der Waals surface area contributed by atoms with Crippen LogP contribution in [0.4, 0.5) is 17.1 Å². The van der Waals surface area contributed by atoms with Crippen molar-refractivity contribution in [3.8, 4) is 39.1 Å². The van der Waals surface area contributed by atoms with Gasteiger partial charge in [0.25, 0.3) is 0 Å². The molecule has 2 aromatic heterocycles. The zero-order valence-corrected chi connectivity index (χ0v) is 36.2. The molecule has 3 heteroatoms. The molecule has 2 nitrogen and oxygen atoms in total. The van der Waals surface area contributed by atoms with E-state index in [9.17, 15) is 0 Å². The lowest BCUT2D eigenvalue weighted by Crippen LogP contribution is -2.09. The number of nitrogens with zero attached hydrogens (tertiary/aromatic N) is 2. The van der Waals surface area contributed by atoms with Crippen LogP contribution in [0.15, 0.2) is 243 Å². The standard InChI is InChI=1S/C62H40N2S/c1-3-16-52-43(11-1)13-10-20-53(52)45-27-35-50(36-28-45)63(49-33-25-42(26-34-49)47-30-37-57-58-38-29-44-12-2-4-17-54(44)62(58)65-61(57)40-47)48-31-23-41(24-32-48)46-14-9-15-51(39-46)64-59-21-7-5-18-55(59)56-19-6-8-22-60(56)64/h1-40H. The molecule has 0 atom stereocenters. The first kappa shape index (κ1) is 37.3. The highest BCUT2D eigenvalue weighted by molar-refractivity contribution is 7.26. The number of hydrogen-bond donors (Lipinski definition) is 0. The van der Waals surface area contributed by atoms with Crippen molar-refractivity contribution in [1.29, 1.82) is 0 Å². The summed E-state index contributed by atoms with van der Waals surface area (Å²) in [5, 5.41) is 10.3. The molecule has 0 fully saturated rings. The Morgan fingerprint density at radius 3 is 1.46 bits per heavy atom. The summed E-state index contributed by atoms with van der Waals surface area (Å²) in [6, 6.07) is 88.8. The van der Waals surface area contributed by atoms with Crippen LogP contribution in [0, 0.1) is 0 Å². The van der Waals surface area contributed by atoms with Gasteiger partial charge in [-0.2, -0.15) is 0 Å². The van der Waals surface area contributed by atoms with Crippen molar-refractivity contribution in [3.63, 3.8) is 0 Å². The fourth-order valence-electron chi connectivity index (χ4n) is 10.0. The maximum atomic E-state index is 2.39. The normalized spacial score (nSPS) is 11.7. The molecule has 0 radical (unpaired) electrons. The molecule has 13 aromatic rings. The molecule has 0 unspecified atom stereocenters. The molecule has 0 aliphatic rings. The second-order valence-electron chi connectivity index (χ2n) is 16.9. The number of thiophene rings is 1. The molecule has 11 aromatic carbocycles. The van der Waals surface area contributed by atoms with Gasteiger partial charge in [-0.15, -0.1) is 11.3 Å². The van der Waals surface area contributed by atoms with Crippen molar-refractivity contribution >= 4 is 91.9 Å². The van der Waals surface area contributed by atoms with Gasteiger partial charge in [-0.3, -0.25) is 0 Å². The smallest absolute Gasteiger partial charge is 0.0541 e. The van der Waals surface area contributed by atoms with Gasteiger partial charge in [-0.05, 0) is 122 Å². The number of hydrogen-bond acceptors (Lipinski definition) is 2. The summed E-state index contributed by atoms with van der Waals surface area (Å²) in [6.07, 6.45) is 0. The Kier molecular flexibility index (Phi) is 8.75. The van der Waals surface area contributed by atoms with Crippen molar-refractivity contribution in [2.75, 3.05) is 4.90 Å². The molecule has 65 heavy (non-hydrogen) atoms. The van der Waals surface area contributed by atoms with Gasteiger partial charge in [0.05, 0.1) is 11.0 Å². The molecule has 13 rings (SSSR count). The van der Waals surface area contributed by atoms with Crippen LogP contribution >= 0.6 is 11.3 Å². The van der Waals surface area contributed by atoms with E-state index in [1.165, 1.54) is 96.9 Å². The maximum Gasteiger partial charge on any atom is 0.0541 e. The van der Waals surface area contributed by atoms with Gasteiger partial charge >= 0.3 is 0 Å². The van der Waals surface area contributed by atoms with Crippen LogP contribution in [0.2, 0.25) is 0 Å². The van der Waals surface area contributed by atoms with Crippen LogP contribution in [0.1, 0.15) is 0 Å². The average Bonchev–Trinajstić information content (AvgIpc) is 3.93. The molecule has 304 valence electrons. The van der Waals surface area contributed by atoms with E-state index in [2.05, 4.69) is 252 Å². The SMILES string of the molecule is c1cc(-c2ccc(N(c3ccc(-c4ccc5c(c4)sc4c6ccccc6ccc54)cc3)c3ccc(-c4cccc5ccccc45)cc3)cc2)cc(-n2c3ccccc3c3ccccc32)c1. The Morgan fingerprint density at radius 2 is 0.800 bits per heavy atom. The Hall–Kier alpha value is -8.24. The lowest BCUT2D eigenvalue weighted by molar-refractivity contribution is 1.18. The highest BCUT2D eigenvalue weighted by atomic mass is 32.1. The zero-order valence-electron chi connectivity index (χ0n) is 35.4. The fourth-order valence-corrected chi connectivity index (χ4v) is 11.3. The maximum absolute atomic E-state index is 2.39. The number of fused-ring (bicyclic) bond motifs is 9. The first-order valence-corrected chi connectivity index (χ1v) is 23.1. The van der Waals surface area contributed by atoms with Crippen LogP contribution < -0.4 is 4.90 Å². The molecular weight excluding hydrogens is 805 g/mol. The summed E-state index contributed by atoms with van der Waals surface area (Å²) >= 11 is 1.89. The van der Waals surface area contributed by atoms with E-state index in [0.717, 1.165) is 22.7 Å². The molecule has 2 heterocycles. The van der Waals surface area contributed by atoms with E-state index in [1.807, 2.05) is 11.3 Å². The van der Waals surface area contributed by atoms with Crippen LogP contribution in [0.3, 0.4) is 0 Å². The summed E-state index contributed by atoms with van der Waals surface area (Å²) in [4.78, 5) is 2.37. The van der Waals surface area contributed by atoms with E-state index >= 15 is 0 Å². The number of anilines is 3. The summed E-state index contributed by atoms with van der Waals surface area (Å²) < 4.78 is 5.05. The quantitative estimate of drug-likeness (QED) is 0.155. The number of para-hydroxylation sites is 2. The number of rotatable bonds is 7. The van der Waals surface area contributed by atoms with E-state index < -0.39 is 0 Å². The van der Waals surface area contributed by atoms with Crippen molar-refractivity contribution in [2.45, 2.75) is 0 Å². The molecule has 0 bridgehead atoms. The second-order valence-corrected chi connectivity index (χ2v) is 18.0. The highest BCUT2D eigenvalue weighted by Gasteiger charge is 2.17. The highest BCUT2D eigenvalue weighted by Crippen LogP contribution is 2.42. The third-order valence-electron chi connectivity index (χ3n) is 13.2. The van der Waals surface area contributed by atoms with Gasteiger partial charge in [0.2, 0.25) is 0 Å². The van der Waals surface area contributed by atoms with Gasteiger partial charge in [0.1, 0.15) is 0 Å². The summed E-state index contributed by atoms with van der Waals surface area (Å²) in [5.74, 6) is 0. The lowest BCUT2D eigenvalue weighted by atomic mass is 9.98. The Bertz CT molecular complexity index is 3870. The van der Waals surface area contributed by atoms with E-state index in [4.69, 9.17) is 0 Å². The minimum absolute atomic E-state index is 1.09. The molecule has 0 saturated heterocycles.